The van der Waals surface area contributed by atoms with Gasteiger partial charge in [-0.2, -0.15) is 15.3 Å². The van der Waals surface area contributed by atoms with Gasteiger partial charge in [-0.15, -0.1) is 0 Å². The zero-order chi connectivity index (χ0) is 23.1. The monoisotopic (exact) mass is 435 g/mol. The molecule has 2 aromatic carbocycles. The first-order valence-corrected chi connectivity index (χ1v) is 10.5. The van der Waals surface area contributed by atoms with E-state index in [1.54, 1.807) is 21.8 Å². The molecule has 0 aliphatic heterocycles. The molecule has 3 heterocycles. The highest BCUT2D eigenvalue weighted by Crippen LogP contribution is 2.39. The molecule has 0 unspecified atom stereocenters. The molecule has 33 heavy (non-hydrogen) atoms. The molecule has 162 valence electrons. The molecule has 8 nitrogen and oxygen atoms in total. The third-order valence-electron chi connectivity index (χ3n) is 5.86. The minimum atomic E-state index is -0.207. The number of fused-ring (bicyclic) bond motifs is 1. The van der Waals surface area contributed by atoms with Crippen molar-refractivity contribution in [2.75, 3.05) is 0 Å². The van der Waals surface area contributed by atoms with Crippen LogP contribution < -0.4 is 5.56 Å². The average Bonchev–Trinajstić information content (AvgIpc) is 3.44. The van der Waals surface area contributed by atoms with Crippen LogP contribution in [0.4, 0.5) is 5.69 Å². The van der Waals surface area contributed by atoms with Crippen LogP contribution >= 0.6 is 0 Å². The zero-order valence-electron chi connectivity index (χ0n) is 18.5. The summed E-state index contributed by atoms with van der Waals surface area (Å²) in [5, 5.41) is 16.9. The lowest BCUT2D eigenvalue weighted by Gasteiger charge is -2.11. The van der Waals surface area contributed by atoms with Gasteiger partial charge in [0.1, 0.15) is 0 Å². The Hall–Kier alpha value is -4.51. The lowest BCUT2D eigenvalue weighted by atomic mass is 9.96. The van der Waals surface area contributed by atoms with Crippen molar-refractivity contribution < 1.29 is 0 Å². The number of nitrogens with one attached hydrogen (secondary N) is 1. The summed E-state index contributed by atoms with van der Waals surface area (Å²) in [5.41, 5.74) is 6.50. The number of aromatic nitrogens is 6. The number of nitrogens with zero attached hydrogens (tertiary/aromatic N) is 6. The number of H-pyrrole nitrogens is 1. The van der Waals surface area contributed by atoms with Crippen molar-refractivity contribution >= 4 is 16.5 Å². The van der Waals surface area contributed by atoms with E-state index < -0.39 is 0 Å². The summed E-state index contributed by atoms with van der Waals surface area (Å²) >= 11 is 0. The molecular formula is C25H21N7O. The second-order valence-electron chi connectivity index (χ2n) is 7.89. The number of aryl methyl sites for hydroxylation is 3. The summed E-state index contributed by atoms with van der Waals surface area (Å²) in [4.78, 5) is 16.1. The lowest BCUT2D eigenvalue weighted by Crippen LogP contribution is -2.10. The predicted octanol–water partition coefficient (Wildman–Crippen LogP) is 4.50. The molecule has 0 spiro atoms. The highest BCUT2D eigenvalue weighted by Gasteiger charge is 2.18. The van der Waals surface area contributed by atoms with Crippen molar-refractivity contribution in [2.45, 2.75) is 13.3 Å². The first-order valence-electron chi connectivity index (χ1n) is 10.5. The van der Waals surface area contributed by atoms with Crippen molar-refractivity contribution in [3.8, 4) is 33.5 Å². The number of benzene rings is 2. The SMILES string of the molecule is [C-]#[N+]c1cc(-c2cnn(C)c2)ccc1-c1c(-c2ccc3c(=O)[nH]nc(CC)c3c2)cnn1C. The van der Waals surface area contributed by atoms with Gasteiger partial charge >= 0.3 is 0 Å². The van der Waals surface area contributed by atoms with Crippen LogP contribution in [-0.4, -0.2) is 29.8 Å². The molecule has 0 amide bonds. The molecule has 0 aliphatic rings. The first-order chi connectivity index (χ1) is 16.0. The van der Waals surface area contributed by atoms with Crippen molar-refractivity contribution in [3.05, 3.63) is 82.5 Å². The molecule has 0 radical (unpaired) electrons. The normalized spacial score (nSPS) is 11.1. The number of rotatable bonds is 4. The van der Waals surface area contributed by atoms with E-state index in [4.69, 9.17) is 6.57 Å². The summed E-state index contributed by atoms with van der Waals surface area (Å²) in [6.45, 7) is 9.82. The highest BCUT2D eigenvalue weighted by atomic mass is 16.1. The molecule has 5 aromatic rings. The Morgan fingerprint density at radius 3 is 2.52 bits per heavy atom. The molecule has 8 heteroatoms. The number of hydrogen-bond acceptors (Lipinski definition) is 4. The van der Waals surface area contributed by atoms with Gasteiger partial charge in [0.05, 0.1) is 35.7 Å². The maximum atomic E-state index is 12.2. The van der Waals surface area contributed by atoms with Crippen molar-refractivity contribution in [2.24, 2.45) is 14.1 Å². The minimum Gasteiger partial charge on any atom is -0.275 e. The number of aromatic amines is 1. The topological polar surface area (TPSA) is 85.8 Å². The van der Waals surface area contributed by atoms with E-state index in [1.807, 2.05) is 63.6 Å². The fraction of sp³-hybridized carbons (Fsp3) is 0.160. The van der Waals surface area contributed by atoms with E-state index >= 15 is 0 Å². The van der Waals surface area contributed by atoms with Crippen LogP contribution in [0.2, 0.25) is 0 Å². The first kappa shape index (κ1) is 20.4. The van der Waals surface area contributed by atoms with Gasteiger partial charge in [0.25, 0.3) is 5.56 Å². The summed E-state index contributed by atoms with van der Waals surface area (Å²) in [6.07, 6.45) is 6.21. The molecular weight excluding hydrogens is 414 g/mol. The van der Waals surface area contributed by atoms with Crippen LogP contribution in [0.25, 0.3) is 49.1 Å². The Bertz CT molecular complexity index is 1610. The van der Waals surface area contributed by atoms with Gasteiger partial charge in [-0.25, -0.2) is 9.94 Å². The van der Waals surface area contributed by atoms with Crippen LogP contribution in [0, 0.1) is 6.57 Å². The summed E-state index contributed by atoms with van der Waals surface area (Å²) in [7, 11) is 3.73. The average molecular weight is 435 g/mol. The van der Waals surface area contributed by atoms with Gasteiger partial charge in [0, 0.05) is 42.4 Å². The van der Waals surface area contributed by atoms with E-state index in [9.17, 15) is 4.79 Å². The molecule has 0 atom stereocenters. The van der Waals surface area contributed by atoms with E-state index in [0.717, 1.165) is 44.6 Å². The minimum absolute atomic E-state index is 0.207. The van der Waals surface area contributed by atoms with Crippen LogP contribution in [0.15, 0.2) is 59.8 Å². The molecule has 5 rings (SSSR count). The van der Waals surface area contributed by atoms with Crippen molar-refractivity contribution in [1.29, 1.82) is 0 Å². The van der Waals surface area contributed by atoms with Gasteiger partial charge < -0.3 is 0 Å². The Kier molecular flexibility index (Phi) is 4.87. The third-order valence-corrected chi connectivity index (χ3v) is 5.86. The molecule has 0 saturated heterocycles. The largest absolute Gasteiger partial charge is 0.275 e. The van der Waals surface area contributed by atoms with E-state index in [-0.39, 0.29) is 5.56 Å². The van der Waals surface area contributed by atoms with Crippen LogP contribution in [-0.2, 0) is 20.5 Å². The van der Waals surface area contributed by atoms with Gasteiger partial charge in [-0.05, 0) is 35.7 Å². The Morgan fingerprint density at radius 1 is 0.970 bits per heavy atom. The van der Waals surface area contributed by atoms with Gasteiger partial charge in [-0.3, -0.25) is 14.2 Å². The van der Waals surface area contributed by atoms with Crippen LogP contribution in [0.1, 0.15) is 12.6 Å². The maximum Gasteiger partial charge on any atom is 0.272 e. The summed E-state index contributed by atoms with van der Waals surface area (Å²) in [5.74, 6) is 0. The van der Waals surface area contributed by atoms with Gasteiger partial charge in [0.2, 0.25) is 0 Å². The Balaban J connectivity index is 1.68. The van der Waals surface area contributed by atoms with E-state index in [0.29, 0.717) is 17.5 Å². The second-order valence-corrected chi connectivity index (χ2v) is 7.89. The fourth-order valence-corrected chi connectivity index (χ4v) is 4.20. The predicted molar refractivity (Wildman–Crippen MR) is 128 cm³/mol. The summed E-state index contributed by atoms with van der Waals surface area (Å²) in [6, 6.07) is 11.6. The molecule has 0 fully saturated rings. The van der Waals surface area contributed by atoms with Gasteiger partial charge in [-0.1, -0.05) is 25.1 Å². The fourth-order valence-electron chi connectivity index (χ4n) is 4.20. The van der Waals surface area contributed by atoms with Crippen LogP contribution in [0.3, 0.4) is 0 Å². The Labute approximate surface area is 189 Å². The standard InChI is InChI=1S/C25H21N7O/c1-5-22-20-10-16(7-8-18(20)25(33)30-29-22)21-13-28-32(4)24(21)19-9-6-15(11-23(19)26-2)17-12-27-31(3)14-17/h6-14H,5H2,1,3-4H3,(H,30,33). The van der Waals surface area contributed by atoms with E-state index in [2.05, 4.69) is 25.2 Å². The molecule has 0 saturated carbocycles. The second kappa shape index (κ2) is 7.88. The highest BCUT2D eigenvalue weighted by molar-refractivity contribution is 5.93. The quantitative estimate of drug-likeness (QED) is 0.421. The summed E-state index contributed by atoms with van der Waals surface area (Å²) < 4.78 is 3.52. The van der Waals surface area contributed by atoms with E-state index in [1.165, 1.54) is 0 Å². The molecule has 1 N–H and O–H groups in total. The van der Waals surface area contributed by atoms with Crippen LogP contribution in [0.5, 0.6) is 0 Å². The van der Waals surface area contributed by atoms with Crippen molar-refractivity contribution in [1.82, 2.24) is 29.8 Å². The third kappa shape index (κ3) is 3.40. The molecule has 3 aromatic heterocycles. The van der Waals surface area contributed by atoms with Crippen molar-refractivity contribution in [3.63, 3.8) is 0 Å². The molecule has 0 bridgehead atoms. The maximum absolute atomic E-state index is 12.2. The number of hydrogen-bond donors (Lipinski definition) is 1. The smallest absolute Gasteiger partial charge is 0.272 e. The molecule has 0 aliphatic carbocycles. The Morgan fingerprint density at radius 2 is 1.79 bits per heavy atom. The zero-order valence-corrected chi connectivity index (χ0v) is 18.5. The lowest BCUT2D eigenvalue weighted by molar-refractivity contribution is 0.768. The van der Waals surface area contributed by atoms with Gasteiger partial charge in [0.15, 0.2) is 5.69 Å².